The molecule has 2 aliphatic rings. The number of fused-ring (bicyclic) bond motifs is 1. The number of unbranched alkanes of at least 4 members (excludes halogenated alkanes) is 1. The molecule has 0 bridgehead atoms. The van der Waals surface area contributed by atoms with Crippen LogP contribution in [-0.4, -0.2) is 103 Å². The molecular weight excluding hydrogens is 564 g/mol. The molecule has 16 heteroatoms. The van der Waals surface area contributed by atoms with Gasteiger partial charge in [0.15, 0.2) is 0 Å². The number of benzene rings is 1. The summed E-state index contributed by atoms with van der Waals surface area (Å²) in [6, 6.07) is 0.425. The van der Waals surface area contributed by atoms with Crippen molar-refractivity contribution in [3.05, 3.63) is 23.8 Å². The van der Waals surface area contributed by atoms with Gasteiger partial charge in [-0.05, 0) is 50.4 Å². The maximum atomic E-state index is 13.5. The van der Waals surface area contributed by atoms with E-state index in [0.717, 1.165) is 0 Å². The molecule has 2 aliphatic heterocycles. The van der Waals surface area contributed by atoms with Gasteiger partial charge in [0.25, 0.3) is 5.91 Å². The average Bonchev–Trinajstić information content (AvgIpc) is 2.98. The molecule has 236 valence electrons. The lowest BCUT2D eigenvalue weighted by molar-refractivity contribution is -0.137. The molecular formula is C27H40N8O8. The third-order valence-corrected chi connectivity index (χ3v) is 7.05. The van der Waals surface area contributed by atoms with Gasteiger partial charge in [-0.15, -0.1) is 0 Å². The van der Waals surface area contributed by atoms with Gasteiger partial charge in [0, 0.05) is 44.7 Å². The number of piperazine rings is 1. The first-order valence-corrected chi connectivity index (χ1v) is 14.2. The Morgan fingerprint density at radius 2 is 1.70 bits per heavy atom. The van der Waals surface area contributed by atoms with E-state index in [1.165, 1.54) is 18.2 Å². The van der Waals surface area contributed by atoms with Crippen molar-refractivity contribution in [1.29, 1.82) is 0 Å². The van der Waals surface area contributed by atoms with Gasteiger partial charge in [-0.25, -0.2) is 4.79 Å². The Balaban J connectivity index is 1.93. The number of carbonyl (C=O) groups is 6. The molecule has 3 atom stereocenters. The Kier molecular flexibility index (Phi) is 12.5. The van der Waals surface area contributed by atoms with Gasteiger partial charge >= 0.3 is 12.0 Å². The molecule has 16 nitrogen and oxygen atoms in total. The smallest absolute Gasteiger partial charge is 0.321 e. The van der Waals surface area contributed by atoms with Crippen molar-refractivity contribution in [1.82, 2.24) is 26.2 Å². The molecule has 0 aromatic heterocycles. The highest BCUT2D eigenvalue weighted by atomic mass is 16.5. The van der Waals surface area contributed by atoms with Gasteiger partial charge in [-0.3, -0.25) is 24.0 Å². The Morgan fingerprint density at radius 1 is 1.00 bits per heavy atom. The summed E-state index contributed by atoms with van der Waals surface area (Å²) in [5, 5.41) is 22.8. The summed E-state index contributed by atoms with van der Waals surface area (Å²) in [6.07, 6.45) is 0.459. The van der Waals surface area contributed by atoms with Crippen molar-refractivity contribution in [2.75, 3.05) is 44.6 Å². The van der Waals surface area contributed by atoms with Crippen LogP contribution in [0.25, 0.3) is 0 Å². The highest BCUT2D eigenvalue weighted by molar-refractivity contribution is 6.02. The lowest BCUT2D eigenvalue weighted by atomic mass is 10.0. The van der Waals surface area contributed by atoms with E-state index in [0.29, 0.717) is 45.6 Å². The minimum absolute atomic E-state index is 0.0334. The molecule has 1 fully saturated rings. The molecule has 0 unspecified atom stereocenters. The summed E-state index contributed by atoms with van der Waals surface area (Å²) in [5.41, 5.74) is 11.3. The van der Waals surface area contributed by atoms with E-state index in [1.54, 1.807) is 4.90 Å². The second-order valence-corrected chi connectivity index (χ2v) is 10.3. The van der Waals surface area contributed by atoms with Crippen LogP contribution >= 0.6 is 0 Å². The third-order valence-electron chi connectivity index (χ3n) is 7.05. The molecule has 6 amide bonds. The highest BCUT2D eigenvalue weighted by Crippen LogP contribution is 2.24. The van der Waals surface area contributed by atoms with Gasteiger partial charge < -0.3 is 52.8 Å². The first-order chi connectivity index (χ1) is 20.6. The zero-order valence-corrected chi connectivity index (χ0v) is 23.9. The number of hydrogen-bond acceptors (Lipinski definition) is 9. The molecule has 1 aromatic carbocycles. The number of nitrogens with one attached hydrogen (secondary N) is 5. The normalized spacial score (nSPS) is 21.7. The maximum Gasteiger partial charge on any atom is 0.321 e. The second-order valence-electron chi connectivity index (χ2n) is 10.3. The van der Waals surface area contributed by atoms with E-state index in [1.807, 2.05) is 0 Å². The van der Waals surface area contributed by atoms with E-state index in [-0.39, 0.29) is 48.9 Å². The fourth-order valence-electron chi connectivity index (χ4n) is 4.63. The predicted octanol–water partition coefficient (Wildman–Crippen LogP) is -1.55. The number of nitrogens with zero attached hydrogens (tertiary/aromatic N) is 1. The zero-order chi connectivity index (χ0) is 31.4. The minimum Gasteiger partial charge on any atom is -0.493 e. The SMILES string of the molecule is NCCCC[C@@H]1NC(=O)[C@H](CCC(=O)O)NC(=O)c2cc(NC(=O)N3CCNCC3)ccc2OCC[C@@H](C(N)=O)NC1=O. The number of urea groups is 1. The van der Waals surface area contributed by atoms with Gasteiger partial charge in [-0.2, -0.15) is 0 Å². The number of ether oxygens (including phenoxy) is 1. The number of carboxylic acids is 1. The quantitative estimate of drug-likeness (QED) is 0.151. The summed E-state index contributed by atoms with van der Waals surface area (Å²) < 4.78 is 5.80. The van der Waals surface area contributed by atoms with Crippen molar-refractivity contribution in [3.63, 3.8) is 0 Å². The van der Waals surface area contributed by atoms with Gasteiger partial charge in [0.05, 0.1) is 12.2 Å². The second kappa shape index (κ2) is 16.3. The number of carboxylic acid groups (broad SMARTS) is 1. The van der Waals surface area contributed by atoms with Crippen LogP contribution < -0.4 is 42.8 Å². The van der Waals surface area contributed by atoms with E-state index in [9.17, 15) is 33.9 Å². The highest BCUT2D eigenvalue weighted by Gasteiger charge is 2.31. The van der Waals surface area contributed by atoms with Crippen LogP contribution in [0.4, 0.5) is 10.5 Å². The fourth-order valence-corrected chi connectivity index (χ4v) is 4.63. The van der Waals surface area contributed by atoms with E-state index in [2.05, 4.69) is 26.6 Å². The standard InChI is InChI=1S/C27H40N8O8/c28-9-2-1-3-19-25(40)32-18(23(29)38)8-14-43-21-6-4-16(31-27(42)35-12-10-30-11-13-35)15-17(21)24(39)33-20(26(41)34-19)5-7-22(36)37/h4,6,15,18-20,30H,1-3,5,7-14,28H2,(H2,29,38)(H,31,42)(H,32,40)(H,33,39)(H,34,41)(H,36,37)/t18-,19-,20-/m0/s1. The van der Waals surface area contributed by atoms with Crippen LogP contribution in [0.2, 0.25) is 0 Å². The molecule has 1 saturated heterocycles. The summed E-state index contributed by atoms with van der Waals surface area (Å²) in [6.45, 7) is 2.55. The number of hydrogen-bond donors (Lipinski definition) is 8. The van der Waals surface area contributed by atoms with Crippen LogP contribution in [0.5, 0.6) is 5.75 Å². The van der Waals surface area contributed by atoms with Crippen LogP contribution in [-0.2, 0) is 19.2 Å². The van der Waals surface area contributed by atoms with Gasteiger partial charge in [0.2, 0.25) is 17.7 Å². The van der Waals surface area contributed by atoms with Crippen LogP contribution in [0.15, 0.2) is 18.2 Å². The molecule has 0 spiro atoms. The van der Waals surface area contributed by atoms with E-state index < -0.39 is 54.1 Å². The number of anilines is 1. The first kappa shape index (κ1) is 33.1. The summed E-state index contributed by atoms with van der Waals surface area (Å²) in [7, 11) is 0. The van der Waals surface area contributed by atoms with Crippen molar-refractivity contribution >= 4 is 41.3 Å². The maximum absolute atomic E-state index is 13.5. The van der Waals surface area contributed by atoms with Crippen LogP contribution in [0, 0.1) is 0 Å². The summed E-state index contributed by atoms with van der Waals surface area (Å²) in [4.78, 5) is 77.8. The predicted molar refractivity (Wildman–Crippen MR) is 154 cm³/mol. The van der Waals surface area contributed by atoms with Gasteiger partial charge in [-0.1, -0.05) is 0 Å². The fraction of sp³-hybridized carbons (Fsp3) is 0.556. The first-order valence-electron chi connectivity index (χ1n) is 14.2. The zero-order valence-electron chi connectivity index (χ0n) is 23.9. The van der Waals surface area contributed by atoms with E-state index >= 15 is 0 Å². The molecule has 0 radical (unpaired) electrons. The number of rotatable bonds is 9. The van der Waals surface area contributed by atoms with Crippen LogP contribution in [0.1, 0.15) is 48.9 Å². The number of nitrogens with two attached hydrogens (primary N) is 2. The van der Waals surface area contributed by atoms with Crippen LogP contribution in [0.3, 0.4) is 0 Å². The molecule has 10 N–H and O–H groups in total. The molecule has 0 aliphatic carbocycles. The van der Waals surface area contributed by atoms with Gasteiger partial charge in [0.1, 0.15) is 23.9 Å². The van der Waals surface area contributed by atoms with Crippen molar-refractivity contribution in [3.8, 4) is 5.75 Å². The van der Waals surface area contributed by atoms with Crippen molar-refractivity contribution in [2.24, 2.45) is 11.5 Å². The topological polar surface area (TPSA) is 247 Å². The van der Waals surface area contributed by atoms with E-state index in [4.69, 9.17) is 16.2 Å². The molecule has 43 heavy (non-hydrogen) atoms. The Labute approximate surface area is 248 Å². The minimum atomic E-state index is -1.34. The molecule has 3 rings (SSSR count). The summed E-state index contributed by atoms with van der Waals surface area (Å²) >= 11 is 0. The Morgan fingerprint density at radius 3 is 2.37 bits per heavy atom. The molecule has 1 aromatic rings. The number of primary amides is 1. The number of carbonyl (C=O) groups excluding carboxylic acids is 5. The van der Waals surface area contributed by atoms with Crippen molar-refractivity contribution < 1.29 is 38.6 Å². The number of amides is 6. The monoisotopic (exact) mass is 604 g/mol. The van der Waals surface area contributed by atoms with Crippen molar-refractivity contribution in [2.45, 2.75) is 56.7 Å². The molecule has 2 heterocycles. The number of aliphatic carboxylic acids is 1. The largest absolute Gasteiger partial charge is 0.493 e. The Bertz CT molecular complexity index is 1190. The average molecular weight is 605 g/mol. The Hall–Kier alpha value is -4.44. The lowest BCUT2D eigenvalue weighted by Crippen LogP contribution is -2.56. The third kappa shape index (κ3) is 10.1. The lowest BCUT2D eigenvalue weighted by Gasteiger charge is -2.28. The molecule has 0 saturated carbocycles. The summed E-state index contributed by atoms with van der Waals surface area (Å²) in [5.74, 6) is -4.17.